The molecule has 1 aromatic carbocycles. The number of benzene rings is 1. The number of hydrogen-bond acceptors (Lipinski definition) is 3. The van der Waals surface area contributed by atoms with E-state index in [1.165, 1.54) is 0 Å². The number of carbonyl (C=O) groups is 2. The number of urea groups is 1. The summed E-state index contributed by atoms with van der Waals surface area (Å²) in [5.74, 6) is 0.478. The van der Waals surface area contributed by atoms with E-state index in [-0.39, 0.29) is 18.4 Å². The first-order valence-electron chi connectivity index (χ1n) is 8.00. The highest BCUT2D eigenvalue weighted by Crippen LogP contribution is 2.25. The lowest BCUT2D eigenvalue weighted by Crippen LogP contribution is -2.41. The van der Waals surface area contributed by atoms with Gasteiger partial charge in [-0.2, -0.15) is 0 Å². The van der Waals surface area contributed by atoms with Crippen LogP contribution >= 0.6 is 0 Å². The number of hydrogen-bond donors (Lipinski definition) is 2. The van der Waals surface area contributed by atoms with Crippen molar-refractivity contribution in [3.63, 3.8) is 0 Å². The number of amides is 2. The Labute approximate surface area is 130 Å². The van der Waals surface area contributed by atoms with Crippen molar-refractivity contribution in [1.82, 2.24) is 4.90 Å². The largest absolute Gasteiger partial charge is 0.396 e. The maximum Gasteiger partial charge on any atom is 0.321 e. The number of nitrogens with one attached hydrogen (secondary N) is 1. The van der Waals surface area contributed by atoms with Gasteiger partial charge in [0.25, 0.3) is 0 Å². The van der Waals surface area contributed by atoms with Crippen LogP contribution in [-0.2, 0) is 6.42 Å². The molecule has 1 aromatic rings. The minimum Gasteiger partial charge on any atom is -0.396 e. The molecule has 1 aliphatic heterocycles. The van der Waals surface area contributed by atoms with Gasteiger partial charge in [-0.1, -0.05) is 6.07 Å². The van der Waals surface area contributed by atoms with Crippen molar-refractivity contribution < 1.29 is 14.7 Å². The fourth-order valence-electron chi connectivity index (χ4n) is 3.23. The number of aliphatic hydroxyl groups excluding tert-OH is 1. The smallest absolute Gasteiger partial charge is 0.321 e. The van der Waals surface area contributed by atoms with Crippen molar-refractivity contribution >= 4 is 17.5 Å². The number of Topliss-reactive ketones (excluding diaryl/α,β-unsaturated/α-hetero) is 1. The van der Waals surface area contributed by atoms with E-state index in [0.717, 1.165) is 36.8 Å². The Balaban J connectivity index is 1.65. The molecule has 1 saturated heterocycles. The number of carbonyl (C=O) groups excluding carboxylic acids is 2. The topological polar surface area (TPSA) is 69.6 Å². The van der Waals surface area contributed by atoms with E-state index in [1.54, 1.807) is 11.0 Å². The molecule has 3 rings (SSSR count). The van der Waals surface area contributed by atoms with Gasteiger partial charge in [-0.25, -0.2) is 4.79 Å². The number of ketones is 1. The van der Waals surface area contributed by atoms with Crippen molar-refractivity contribution in [1.29, 1.82) is 0 Å². The van der Waals surface area contributed by atoms with E-state index in [1.807, 2.05) is 12.1 Å². The van der Waals surface area contributed by atoms with Crippen LogP contribution in [0.2, 0.25) is 0 Å². The van der Waals surface area contributed by atoms with Crippen LogP contribution in [0.5, 0.6) is 0 Å². The van der Waals surface area contributed by atoms with Gasteiger partial charge in [0.05, 0.1) is 0 Å². The van der Waals surface area contributed by atoms with Crippen LogP contribution in [0.3, 0.4) is 0 Å². The van der Waals surface area contributed by atoms with Gasteiger partial charge in [0.1, 0.15) is 0 Å². The molecule has 0 saturated carbocycles. The SMILES string of the molecule is O=C1CCCc2ccc(NC(=O)N3CCC(CO)CC3)cc21. The first kappa shape index (κ1) is 15.0. The highest BCUT2D eigenvalue weighted by molar-refractivity contribution is 6.00. The molecule has 1 aliphatic carbocycles. The van der Waals surface area contributed by atoms with Gasteiger partial charge >= 0.3 is 6.03 Å². The van der Waals surface area contributed by atoms with Crippen LogP contribution in [0, 0.1) is 5.92 Å². The first-order valence-corrected chi connectivity index (χ1v) is 8.00. The van der Waals surface area contributed by atoms with Crippen molar-refractivity contribution in [2.24, 2.45) is 5.92 Å². The van der Waals surface area contributed by atoms with Gasteiger partial charge in [-0.15, -0.1) is 0 Å². The Kier molecular flexibility index (Phi) is 4.43. The number of nitrogens with zero attached hydrogens (tertiary/aromatic N) is 1. The summed E-state index contributed by atoms with van der Waals surface area (Å²) in [6, 6.07) is 5.49. The Bertz CT molecular complexity index is 577. The van der Waals surface area contributed by atoms with Crippen LogP contribution in [0.15, 0.2) is 18.2 Å². The summed E-state index contributed by atoms with van der Waals surface area (Å²) in [6.07, 6.45) is 4.12. The Morgan fingerprint density at radius 1 is 1.27 bits per heavy atom. The first-order chi connectivity index (χ1) is 10.7. The lowest BCUT2D eigenvalue weighted by molar-refractivity contribution is 0.0972. The molecule has 0 aromatic heterocycles. The maximum absolute atomic E-state index is 12.3. The number of aliphatic hydroxyl groups is 1. The van der Waals surface area contributed by atoms with Crippen molar-refractivity contribution in [2.75, 3.05) is 25.0 Å². The molecule has 2 N–H and O–H groups in total. The van der Waals surface area contributed by atoms with Crippen LogP contribution in [0.4, 0.5) is 10.5 Å². The Morgan fingerprint density at radius 2 is 2.05 bits per heavy atom. The number of likely N-dealkylation sites (tertiary alicyclic amines) is 1. The normalized spacial score (nSPS) is 19.0. The fraction of sp³-hybridized carbons (Fsp3) is 0.529. The standard InChI is InChI=1S/C17H22N2O3/c20-11-12-6-8-19(9-7-12)17(22)18-14-5-4-13-2-1-3-16(21)15(13)10-14/h4-5,10,12,20H,1-3,6-9,11H2,(H,18,22). The molecule has 0 spiro atoms. The third kappa shape index (κ3) is 3.14. The van der Waals surface area contributed by atoms with Gasteiger partial charge in [-0.05, 0) is 49.3 Å². The summed E-state index contributed by atoms with van der Waals surface area (Å²) in [5, 5.41) is 12.0. The van der Waals surface area contributed by atoms with Gasteiger partial charge in [0, 0.05) is 37.4 Å². The van der Waals surface area contributed by atoms with Gasteiger partial charge in [-0.3, -0.25) is 4.79 Å². The fourth-order valence-corrected chi connectivity index (χ4v) is 3.23. The third-order valence-electron chi connectivity index (χ3n) is 4.67. The minimum atomic E-state index is -0.125. The monoisotopic (exact) mass is 302 g/mol. The summed E-state index contributed by atoms with van der Waals surface area (Å²) in [7, 11) is 0. The highest BCUT2D eigenvalue weighted by atomic mass is 16.3. The molecule has 0 unspecified atom stereocenters. The molecule has 118 valence electrons. The van der Waals surface area contributed by atoms with Gasteiger partial charge in [0.15, 0.2) is 5.78 Å². The van der Waals surface area contributed by atoms with E-state index in [2.05, 4.69) is 5.32 Å². The molecule has 1 heterocycles. The zero-order valence-corrected chi connectivity index (χ0v) is 12.7. The molecule has 22 heavy (non-hydrogen) atoms. The van der Waals surface area contributed by atoms with Crippen LogP contribution in [0.1, 0.15) is 41.6 Å². The molecular formula is C17H22N2O3. The number of piperidine rings is 1. The highest BCUT2D eigenvalue weighted by Gasteiger charge is 2.23. The second-order valence-corrected chi connectivity index (χ2v) is 6.19. The Morgan fingerprint density at radius 3 is 2.77 bits per heavy atom. The van der Waals surface area contributed by atoms with Crippen molar-refractivity contribution in [3.05, 3.63) is 29.3 Å². The average molecular weight is 302 g/mol. The van der Waals surface area contributed by atoms with Gasteiger partial charge in [0.2, 0.25) is 0 Å². The van der Waals surface area contributed by atoms with E-state index < -0.39 is 0 Å². The molecule has 2 amide bonds. The molecule has 2 aliphatic rings. The van der Waals surface area contributed by atoms with Crippen LogP contribution < -0.4 is 5.32 Å². The number of fused-ring (bicyclic) bond motifs is 1. The van der Waals surface area contributed by atoms with Crippen LogP contribution in [-0.4, -0.2) is 41.5 Å². The second kappa shape index (κ2) is 6.48. The van der Waals surface area contributed by atoms with E-state index in [4.69, 9.17) is 5.11 Å². The van der Waals surface area contributed by atoms with Crippen LogP contribution in [0.25, 0.3) is 0 Å². The Hall–Kier alpha value is -1.88. The summed E-state index contributed by atoms with van der Waals surface area (Å²) in [6.45, 7) is 1.53. The predicted octanol–water partition coefficient (Wildman–Crippen LogP) is 2.44. The van der Waals surface area contributed by atoms with E-state index >= 15 is 0 Å². The van der Waals surface area contributed by atoms with Crippen molar-refractivity contribution in [2.45, 2.75) is 32.1 Å². The summed E-state index contributed by atoms with van der Waals surface area (Å²) >= 11 is 0. The number of rotatable bonds is 2. The molecule has 5 nitrogen and oxygen atoms in total. The average Bonchev–Trinajstić information content (AvgIpc) is 2.55. The molecular weight excluding hydrogens is 280 g/mol. The quantitative estimate of drug-likeness (QED) is 0.881. The van der Waals surface area contributed by atoms with Gasteiger partial charge < -0.3 is 15.3 Å². The lowest BCUT2D eigenvalue weighted by atomic mass is 9.90. The molecule has 0 atom stereocenters. The zero-order chi connectivity index (χ0) is 15.5. The van der Waals surface area contributed by atoms with E-state index in [9.17, 15) is 9.59 Å². The third-order valence-corrected chi connectivity index (χ3v) is 4.67. The summed E-state index contributed by atoms with van der Waals surface area (Å²) < 4.78 is 0. The second-order valence-electron chi connectivity index (χ2n) is 6.19. The predicted molar refractivity (Wildman–Crippen MR) is 84.1 cm³/mol. The summed E-state index contributed by atoms with van der Waals surface area (Å²) in [4.78, 5) is 26.0. The van der Waals surface area contributed by atoms with E-state index in [0.29, 0.717) is 31.1 Å². The maximum atomic E-state index is 12.3. The number of aryl methyl sites for hydroxylation is 1. The minimum absolute atomic E-state index is 0.125. The molecule has 1 fully saturated rings. The summed E-state index contributed by atoms with van der Waals surface area (Å²) in [5.41, 5.74) is 2.52. The lowest BCUT2D eigenvalue weighted by Gasteiger charge is -2.31. The molecule has 5 heteroatoms. The van der Waals surface area contributed by atoms with Crippen molar-refractivity contribution in [3.8, 4) is 0 Å². The molecule has 0 radical (unpaired) electrons. The molecule has 0 bridgehead atoms. The number of anilines is 1. The zero-order valence-electron chi connectivity index (χ0n) is 12.7.